The second-order valence-electron chi connectivity index (χ2n) is 4.13. The van der Waals surface area contributed by atoms with E-state index in [0.717, 1.165) is 0 Å². The van der Waals surface area contributed by atoms with Gasteiger partial charge < -0.3 is 15.2 Å². The predicted molar refractivity (Wildman–Crippen MR) is 79.0 cm³/mol. The molecule has 0 amide bonds. The Morgan fingerprint density at radius 2 is 1.71 bits per heavy atom. The maximum absolute atomic E-state index is 12.2. The number of rotatable bonds is 5. The van der Waals surface area contributed by atoms with Crippen LogP contribution in [-0.2, 0) is 10.0 Å². The third-order valence-electron chi connectivity index (χ3n) is 2.67. The highest BCUT2D eigenvalue weighted by Gasteiger charge is 2.15. The van der Waals surface area contributed by atoms with Crippen molar-refractivity contribution < 1.29 is 17.9 Å². The summed E-state index contributed by atoms with van der Waals surface area (Å²) in [4.78, 5) is 3.78. The van der Waals surface area contributed by atoms with Crippen molar-refractivity contribution >= 4 is 21.5 Å². The van der Waals surface area contributed by atoms with E-state index in [1.807, 2.05) is 0 Å². The molecule has 0 aliphatic rings. The van der Waals surface area contributed by atoms with E-state index in [2.05, 4.69) is 9.71 Å². The summed E-state index contributed by atoms with van der Waals surface area (Å²) in [5.41, 5.74) is 5.76. The second kappa shape index (κ2) is 5.88. The van der Waals surface area contributed by atoms with Crippen molar-refractivity contribution in [2.75, 3.05) is 24.7 Å². The molecular formula is C13H15N3O4S. The van der Waals surface area contributed by atoms with Crippen LogP contribution in [0.25, 0.3) is 0 Å². The van der Waals surface area contributed by atoms with Crippen LogP contribution in [0.5, 0.6) is 11.5 Å². The first kappa shape index (κ1) is 14.9. The SMILES string of the molecule is COc1cc(NS(=O)(=O)c2ccc(N)nc2)cc(OC)c1. The Morgan fingerprint density at radius 1 is 1.10 bits per heavy atom. The fourth-order valence-corrected chi connectivity index (χ4v) is 2.62. The summed E-state index contributed by atoms with van der Waals surface area (Å²) in [6.45, 7) is 0. The summed E-state index contributed by atoms with van der Waals surface area (Å²) >= 11 is 0. The number of methoxy groups -OCH3 is 2. The smallest absolute Gasteiger partial charge is 0.263 e. The lowest BCUT2D eigenvalue weighted by molar-refractivity contribution is 0.395. The molecule has 1 heterocycles. The molecule has 1 aromatic carbocycles. The third-order valence-corrected chi connectivity index (χ3v) is 4.04. The van der Waals surface area contributed by atoms with Crippen LogP contribution in [0.2, 0.25) is 0 Å². The molecule has 0 spiro atoms. The molecule has 0 unspecified atom stereocenters. The first-order chi connectivity index (χ1) is 9.94. The first-order valence-corrected chi connectivity index (χ1v) is 7.40. The molecular weight excluding hydrogens is 294 g/mol. The van der Waals surface area contributed by atoms with E-state index in [4.69, 9.17) is 15.2 Å². The molecule has 1 aromatic heterocycles. The van der Waals surface area contributed by atoms with E-state index >= 15 is 0 Å². The molecule has 8 heteroatoms. The molecule has 112 valence electrons. The summed E-state index contributed by atoms with van der Waals surface area (Å²) in [5.74, 6) is 1.20. The number of anilines is 2. The Balaban J connectivity index is 2.34. The van der Waals surface area contributed by atoms with Gasteiger partial charge in [-0.2, -0.15) is 0 Å². The van der Waals surface area contributed by atoms with Gasteiger partial charge in [-0.3, -0.25) is 4.72 Å². The van der Waals surface area contributed by atoms with Crippen LogP contribution in [0.15, 0.2) is 41.4 Å². The van der Waals surface area contributed by atoms with Gasteiger partial charge in [0.2, 0.25) is 0 Å². The quantitative estimate of drug-likeness (QED) is 0.867. The number of hydrogen-bond acceptors (Lipinski definition) is 6. The summed E-state index contributed by atoms with van der Waals surface area (Å²) in [5, 5.41) is 0. The number of pyridine rings is 1. The van der Waals surface area contributed by atoms with Gasteiger partial charge in [0, 0.05) is 24.4 Å². The van der Waals surface area contributed by atoms with Gasteiger partial charge >= 0.3 is 0 Å². The summed E-state index contributed by atoms with van der Waals surface area (Å²) in [6.07, 6.45) is 1.19. The van der Waals surface area contributed by atoms with Crippen LogP contribution in [0, 0.1) is 0 Å². The van der Waals surface area contributed by atoms with Crippen molar-refractivity contribution in [3.05, 3.63) is 36.5 Å². The zero-order valence-corrected chi connectivity index (χ0v) is 12.3. The average Bonchev–Trinajstić information content (AvgIpc) is 2.46. The van der Waals surface area contributed by atoms with E-state index < -0.39 is 10.0 Å². The maximum atomic E-state index is 12.2. The number of nitrogen functional groups attached to an aromatic ring is 1. The van der Waals surface area contributed by atoms with Crippen molar-refractivity contribution in [3.63, 3.8) is 0 Å². The standard InChI is InChI=1S/C13H15N3O4S/c1-19-10-5-9(6-11(7-10)20-2)16-21(17,18)12-3-4-13(14)15-8-12/h3-8,16H,1-2H3,(H2,14,15). The number of sulfonamides is 1. The Labute approximate surface area is 122 Å². The number of hydrogen-bond donors (Lipinski definition) is 2. The average molecular weight is 309 g/mol. The molecule has 0 fully saturated rings. The van der Waals surface area contributed by atoms with Crippen molar-refractivity contribution in [3.8, 4) is 11.5 Å². The molecule has 2 aromatic rings. The second-order valence-corrected chi connectivity index (χ2v) is 5.81. The normalized spacial score (nSPS) is 11.0. The molecule has 0 atom stereocenters. The minimum atomic E-state index is -3.76. The highest BCUT2D eigenvalue weighted by atomic mass is 32.2. The molecule has 7 nitrogen and oxygen atoms in total. The monoisotopic (exact) mass is 309 g/mol. The van der Waals surface area contributed by atoms with Gasteiger partial charge in [0.15, 0.2) is 0 Å². The van der Waals surface area contributed by atoms with Gasteiger partial charge in [-0.15, -0.1) is 0 Å². The number of ether oxygens (including phenoxy) is 2. The number of nitrogens with one attached hydrogen (secondary N) is 1. The number of nitrogens with two attached hydrogens (primary N) is 1. The lowest BCUT2D eigenvalue weighted by atomic mass is 10.3. The van der Waals surface area contributed by atoms with Crippen molar-refractivity contribution in [1.82, 2.24) is 4.98 Å². The van der Waals surface area contributed by atoms with Gasteiger partial charge in [-0.1, -0.05) is 0 Å². The molecule has 0 saturated heterocycles. The first-order valence-electron chi connectivity index (χ1n) is 5.92. The molecule has 3 N–H and O–H groups in total. The molecule has 0 bridgehead atoms. The zero-order valence-electron chi connectivity index (χ0n) is 11.5. The summed E-state index contributed by atoms with van der Waals surface area (Å²) < 4.78 is 37.1. The molecule has 0 radical (unpaired) electrons. The van der Waals surface area contributed by atoms with Crippen LogP contribution in [-0.4, -0.2) is 27.6 Å². The van der Waals surface area contributed by atoms with E-state index in [0.29, 0.717) is 17.2 Å². The molecule has 0 aliphatic carbocycles. The molecule has 0 saturated carbocycles. The van der Waals surface area contributed by atoms with Gasteiger partial charge in [-0.05, 0) is 12.1 Å². The fraction of sp³-hybridized carbons (Fsp3) is 0.154. The van der Waals surface area contributed by atoms with Crippen molar-refractivity contribution in [1.29, 1.82) is 0 Å². The van der Waals surface area contributed by atoms with Gasteiger partial charge in [0.05, 0.1) is 19.9 Å². The van der Waals surface area contributed by atoms with E-state index in [-0.39, 0.29) is 10.7 Å². The van der Waals surface area contributed by atoms with Crippen LogP contribution >= 0.6 is 0 Å². The zero-order chi connectivity index (χ0) is 15.5. The van der Waals surface area contributed by atoms with Crippen molar-refractivity contribution in [2.45, 2.75) is 4.90 Å². The third kappa shape index (κ3) is 3.54. The predicted octanol–water partition coefficient (Wildman–Crippen LogP) is 1.48. The highest BCUT2D eigenvalue weighted by molar-refractivity contribution is 7.92. The minimum absolute atomic E-state index is 0.0125. The van der Waals surface area contributed by atoms with Gasteiger partial charge in [-0.25, -0.2) is 13.4 Å². The lowest BCUT2D eigenvalue weighted by Gasteiger charge is -2.11. The van der Waals surface area contributed by atoms with Gasteiger partial charge in [0.25, 0.3) is 10.0 Å². The largest absolute Gasteiger partial charge is 0.497 e. The van der Waals surface area contributed by atoms with E-state index in [1.165, 1.54) is 32.5 Å². The number of nitrogens with zero attached hydrogens (tertiary/aromatic N) is 1. The van der Waals surface area contributed by atoms with Crippen LogP contribution in [0.4, 0.5) is 11.5 Å². The Bertz CT molecular complexity index is 707. The fourth-order valence-electron chi connectivity index (χ4n) is 1.63. The Hall–Kier alpha value is -2.48. The maximum Gasteiger partial charge on any atom is 0.263 e. The Kier molecular flexibility index (Phi) is 4.18. The van der Waals surface area contributed by atoms with E-state index in [9.17, 15) is 8.42 Å². The summed E-state index contributed by atoms with van der Waals surface area (Å²) in [6, 6.07) is 7.53. The Morgan fingerprint density at radius 3 is 2.19 bits per heavy atom. The number of aromatic nitrogens is 1. The van der Waals surface area contributed by atoms with Crippen LogP contribution in [0.3, 0.4) is 0 Å². The molecule has 21 heavy (non-hydrogen) atoms. The minimum Gasteiger partial charge on any atom is -0.497 e. The molecule has 2 rings (SSSR count). The van der Waals surface area contributed by atoms with Gasteiger partial charge in [0.1, 0.15) is 22.2 Å². The highest BCUT2D eigenvalue weighted by Crippen LogP contribution is 2.27. The molecule has 0 aliphatic heterocycles. The van der Waals surface area contributed by atoms with E-state index in [1.54, 1.807) is 18.2 Å². The number of benzene rings is 1. The van der Waals surface area contributed by atoms with Crippen LogP contribution in [0.1, 0.15) is 0 Å². The summed E-state index contributed by atoms with van der Waals surface area (Å²) in [7, 11) is -0.793. The lowest BCUT2D eigenvalue weighted by Crippen LogP contribution is -2.13. The topological polar surface area (TPSA) is 104 Å². The van der Waals surface area contributed by atoms with Crippen LogP contribution < -0.4 is 19.9 Å². The van der Waals surface area contributed by atoms with Crippen molar-refractivity contribution in [2.24, 2.45) is 0 Å².